The second kappa shape index (κ2) is 4.90. The highest BCUT2D eigenvalue weighted by Gasteiger charge is 1.94. The van der Waals surface area contributed by atoms with Crippen LogP contribution in [0.5, 0.6) is 0 Å². The van der Waals surface area contributed by atoms with Crippen LogP contribution in [0.3, 0.4) is 0 Å². The maximum absolute atomic E-state index is 5.72. The molecular formula is C9H10Cl2N2. The van der Waals surface area contributed by atoms with Gasteiger partial charge < -0.3 is 5.73 Å². The molecule has 0 aliphatic heterocycles. The fraction of sp³-hybridized carbons (Fsp3) is 0. The van der Waals surface area contributed by atoms with Gasteiger partial charge in [0.1, 0.15) is 0 Å². The Balaban J connectivity index is 0.000000720. The molecule has 1 heterocycles. The predicted molar refractivity (Wildman–Crippen MR) is 60.7 cm³/mol. The van der Waals surface area contributed by atoms with Gasteiger partial charge in [-0.25, -0.2) is 0 Å². The first kappa shape index (κ1) is 12.0. The van der Waals surface area contributed by atoms with Crippen molar-refractivity contribution in [2.45, 2.75) is 0 Å². The lowest BCUT2D eigenvalue weighted by atomic mass is 10.2. The summed E-state index contributed by atoms with van der Waals surface area (Å²) in [5.41, 5.74) is 7.46. The molecule has 0 saturated carbocycles. The van der Waals surface area contributed by atoms with E-state index in [4.69, 9.17) is 5.73 Å². The van der Waals surface area contributed by atoms with Gasteiger partial charge in [-0.05, 0) is 12.1 Å². The molecule has 1 aromatic carbocycles. The largest absolute Gasteiger partial charge is 0.398 e. The van der Waals surface area contributed by atoms with Crippen LogP contribution in [0, 0.1) is 0 Å². The van der Waals surface area contributed by atoms with Crippen LogP contribution in [-0.4, -0.2) is 4.98 Å². The SMILES string of the molecule is Cl.Cl.Nc1ccnc2ccccc12. The second-order valence-electron chi connectivity index (χ2n) is 2.42. The zero-order chi connectivity index (χ0) is 7.68. The molecule has 70 valence electrons. The fourth-order valence-electron chi connectivity index (χ4n) is 1.12. The zero-order valence-corrected chi connectivity index (χ0v) is 8.44. The average molecular weight is 217 g/mol. The average Bonchev–Trinajstić information content (AvgIpc) is 2.06. The van der Waals surface area contributed by atoms with Crippen LogP contribution < -0.4 is 5.73 Å². The molecule has 0 amide bonds. The summed E-state index contributed by atoms with van der Waals surface area (Å²) in [6, 6.07) is 9.64. The standard InChI is InChI=1S/C9H8N2.2ClH/c10-8-5-6-11-9-4-2-1-3-7(8)9;;/h1-6H,(H2,10,11);2*1H. The maximum Gasteiger partial charge on any atom is 0.0722 e. The Hall–Kier alpha value is -0.990. The van der Waals surface area contributed by atoms with Crippen LogP contribution >= 0.6 is 24.8 Å². The lowest BCUT2D eigenvalue weighted by Crippen LogP contribution is -1.87. The molecule has 2 N–H and O–H groups in total. The minimum atomic E-state index is 0. The molecule has 0 radical (unpaired) electrons. The van der Waals surface area contributed by atoms with Crippen LogP contribution in [0.2, 0.25) is 0 Å². The molecular weight excluding hydrogens is 207 g/mol. The Kier molecular flexibility index (Phi) is 4.52. The van der Waals surface area contributed by atoms with Gasteiger partial charge in [-0.2, -0.15) is 0 Å². The highest BCUT2D eigenvalue weighted by Crippen LogP contribution is 2.16. The van der Waals surface area contributed by atoms with E-state index in [2.05, 4.69) is 4.98 Å². The van der Waals surface area contributed by atoms with Gasteiger partial charge in [0.05, 0.1) is 5.52 Å². The van der Waals surface area contributed by atoms with E-state index in [0.717, 1.165) is 16.6 Å². The van der Waals surface area contributed by atoms with Crippen LogP contribution in [0.25, 0.3) is 10.9 Å². The monoisotopic (exact) mass is 216 g/mol. The Morgan fingerprint density at radius 3 is 2.38 bits per heavy atom. The van der Waals surface area contributed by atoms with E-state index >= 15 is 0 Å². The number of hydrogen-bond acceptors (Lipinski definition) is 2. The molecule has 1 aromatic heterocycles. The summed E-state index contributed by atoms with van der Waals surface area (Å²) in [5.74, 6) is 0. The number of hydrogen-bond donors (Lipinski definition) is 1. The molecule has 4 heteroatoms. The summed E-state index contributed by atoms with van der Waals surface area (Å²) in [4.78, 5) is 4.16. The molecule has 0 spiro atoms. The van der Waals surface area contributed by atoms with E-state index in [0.29, 0.717) is 0 Å². The summed E-state index contributed by atoms with van der Waals surface area (Å²) >= 11 is 0. The lowest BCUT2D eigenvalue weighted by molar-refractivity contribution is 1.41. The third kappa shape index (κ3) is 2.23. The van der Waals surface area contributed by atoms with Gasteiger partial charge in [0, 0.05) is 17.3 Å². The molecule has 2 aromatic rings. The minimum absolute atomic E-state index is 0. The van der Waals surface area contributed by atoms with E-state index in [-0.39, 0.29) is 24.8 Å². The van der Waals surface area contributed by atoms with Gasteiger partial charge in [-0.3, -0.25) is 4.98 Å². The molecule has 0 aliphatic rings. The zero-order valence-electron chi connectivity index (χ0n) is 6.81. The van der Waals surface area contributed by atoms with Gasteiger partial charge in [-0.1, -0.05) is 18.2 Å². The summed E-state index contributed by atoms with van der Waals surface area (Å²) in [7, 11) is 0. The third-order valence-electron chi connectivity index (χ3n) is 1.68. The van der Waals surface area contributed by atoms with E-state index < -0.39 is 0 Å². The van der Waals surface area contributed by atoms with Gasteiger partial charge in [-0.15, -0.1) is 24.8 Å². The van der Waals surface area contributed by atoms with Gasteiger partial charge in [0.25, 0.3) is 0 Å². The highest BCUT2D eigenvalue weighted by atomic mass is 35.5. The Bertz CT molecular complexity index is 385. The smallest absolute Gasteiger partial charge is 0.0722 e. The quantitative estimate of drug-likeness (QED) is 0.736. The Morgan fingerprint density at radius 2 is 1.69 bits per heavy atom. The van der Waals surface area contributed by atoms with Crippen LogP contribution in [-0.2, 0) is 0 Å². The Labute approximate surface area is 89.0 Å². The van der Waals surface area contributed by atoms with Crippen molar-refractivity contribution in [3.63, 3.8) is 0 Å². The minimum Gasteiger partial charge on any atom is -0.398 e. The number of nitrogens with two attached hydrogens (primary N) is 1. The number of aromatic nitrogens is 1. The van der Waals surface area contributed by atoms with Crippen LogP contribution in [0.15, 0.2) is 36.5 Å². The number of benzene rings is 1. The normalized spacial score (nSPS) is 8.62. The van der Waals surface area contributed by atoms with Gasteiger partial charge in [0.15, 0.2) is 0 Å². The lowest BCUT2D eigenvalue weighted by Gasteiger charge is -1.97. The van der Waals surface area contributed by atoms with Crippen molar-refractivity contribution in [2.24, 2.45) is 0 Å². The predicted octanol–water partition coefficient (Wildman–Crippen LogP) is 2.66. The van der Waals surface area contributed by atoms with Crippen molar-refractivity contribution in [3.8, 4) is 0 Å². The van der Waals surface area contributed by atoms with Crippen molar-refractivity contribution in [1.82, 2.24) is 4.98 Å². The summed E-state index contributed by atoms with van der Waals surface area (Å²) in [5, 5.41) is 1.02. The highest BCUT2D eigenvalue weighted by molar-refractivity contribution is 5.89. The van der Waals surface area contributed by atoms with Crippen molar-refractivity contribution < 1.29 is 0 Å². The number of nitrogen functional groups attached to an aromatic ring is 1. The molecule has 0 fully saturated rings. The summed E-state index contributed by atoms with van der Waals surface area (Å²) < 4.78 is 0. The molecule has 0 atom stereocenters. The fourth-order valence-corrected chi connectivity index (χ4v) is 1.12. The van der Waals surface area contributed by atoms with E-state index in [1.807, 2.05) is 30.3 Å². The summed E-state index contributed by atoms with van der Waals surface area (Å²) in [6.45, 7) is 0. The van der Waals surface area contributed by atoms with Crippen molar-refractivity contribution in [1.29, 1.82) is 0 Å². The topological polar surface area (TPSA) is 38.9 Å². The van der Waals surface area contributed by atoms with Crippen molar-refractivity contribution in [2.75, 3.05) is 5.73 Å². The van der Waals surface area contributed by atoms with E-state index in [9.17, 15) is 0 Å². The maximum atomic E-state index is 5.72. The molecule has 0 unspecified atom stereocenters. The molecule has 0 bridgehead atoms. The number of nitrogens with zero attached hydrogens (tertiary/aromatic N) is 1. The molecule has 0 aliphatic carbocycles. The molecule has 2 nitrogen and oxygen atoms in total. The molecule has 0 saturated heterocycles. The van der Waals surface area contributed by atoms with Crippen molar-refractivity contribution >= 4 is 41.4 Å². The first-order chi connectivity index (χ1) is 5.38. The first-order valence-corrected chi connectivity index (χ1v) is 3.47. The number of halogens is 2. The third-order valence-corrected chi connectivity index (χ3v) is 1.68. The summed E-state index contributed by atoms with van der Waals surface area (Å²) in [6.07, 6.45) is 1.72. The number of rotatable bonds is 0. The molecule has 2 rings (SSSR count). The number of pyridine rings is 1. The van der Waals surface area contributed by atoms with Gasteiger partial charge >= 0.3 is 0 Å². The van der Waals surface area contributed by atoms with Crippen molar-refractivity contribution in [3.05, 3.63) is 36.5 Å². The van der Waals surface area contributed by atoms with E-state index in [1.54, 1.807) is 6.20 Å². The van der Waals surface area contributed by atoms with Gasteiger partial charge in [0.2, 0.25) is 0 Å². The van der Waals surface area contributed by atoms with Crippen LogP contribution in [0.1, 0.15) is 0 Å². The van der Waals surface area contributed by atoms with E-state index in [1.165, 1.54) is 0 Å². The first-order valence-electron chi connectivity index (χ1n) is 3.47. The number of para-hydroxylation sites is 1. The van der Waals surface area contributed by atoms with Crippen LogP contribution in [0.4, 0.5) is 5.69 Å². The Morgan fingerprint density at radius 1 is 1.00 bits per heavy atom. The number of anilines is 1. The second-order valence-corrected chi connectivity index (χ2v) is 2.42. The molecule has 13 heavy (non-hydrogen) atoms. The number of fused-ring (bicyclic) bond motifs is 1.